The summed E-state index contributed by atoms with van der Waals surface area (Å²) in [5, 5.41) is 4.88. The Labute approximate surface area is 145 Å². The van der Waals surface area contributed by atoms with E-state index in [-0.39, 0.29) is 17.7 Å². The molecule has 1 fully saturated rings. The van der Waals surface area contributed by atoms with E-state index in [1.807, 2.05) is 22.4 Å². The second-order valence-electron chi connectivity index (χ2n) is 5.99. The maximum absolute atomic E-state index is 12.6. The molecule has 1 N–H and O–H groups in total. The second-order valence-corrected chi connectivity index (χ2v) is 6.91. The fourth-order valence-electron chi connectivity index (χ4n) is 3.02. The lowest BCUT2D eigenvalue weighted by atomic mass is 9.95. The van der Waals surface area contributed by atoms with Gasteiger partial charge in [-0.2, -0.15) is 0 Å². The molecular formula is C18H22N2O3S. The Morgan fingerprint density at radius 2 is 2.12 bits per heavy atom. The van der Waals surface area contributed by atoms with Crippen LogP contribution in [0.15, 0.2) is 34.3 Å². The van der Waals surface area contributed by atoms with Gasteiger partial charge in [0.25, 0.3) is 5.91 Å². The lowest BCUT2D eigenvalue weighted by Gasteiger charge is -2.31. The zero-order valence-electron chi connectivity index (χ0n) is 13.8. The molecule has 2 aromatic rings. The molecule has 0 bridgehead atoms. The Balaban J connectivity index is 1.50. The number of hydrogen-bond donors (Lipinski definition) is 1. The van der Waals surface area contributed by atoms with E-state index < -0.39 is 0 Å². The summed E-state index contributed by atoms with van der Waals surface area (Å²) in [5.41, 5.74) is 1.11. The first-order chi connectivity index (χ1) is 11.7. The zero-order chi connectivity index (χ0) is 16.9. The summed E-state index contributed by atoms with van der Waals surface area (Å²) in [4.78, 5) is 27.6. The molecule has 0 radical (unpaired) electrons. The predicted octanol–water partition coefficient (Wildman–Crippen LogP) is 3.07. The lowest BCUT2D eigenvalue weighted by molar-refractivity contribution is -0.126. The first-order valence-corrected chi connectivity index (χ1v) is 9.22. The molecule has 6 heteroatoms. The summed E-state index contributed by atoms with van der Waals surface area (Å²) in [7, 11) is 0. The van der Waals surface area contributed by atoms with Crippen molar-refractivity contribution in [3.8, 4) is 0 Å². The third kappa shape index (κ3) is 3.70. The largest absolute Gasteiger partial charge is 0.467 e. The number of furan rings is 1. The summed E-state index contributed by atoms with van der Waals surface area (Å²) in [5.74, 6) is 0.874. The van der Waals surface area contributed by atoms with E-state index >= 15 is 0 Å². The average molecular weight is 346 g/mol. The highest BCUT2D eigenvalue weighted by atomic mass is 32.1. The summed E-state index contributed by atoms with van der Waals surface area (Å²) in [6.45, 7) is 3.76. The number of aryl methyl sites for hydroxylation is 1. The normalized spacial score (nSPS) is 15.5. The Bertz CT molecular complexity index is 685. The number of carbonyl (C=O) groups is 2. The Morgan fingerprint density at radius 1 is 1.33 bits per heavy atom. The van der Waals surface area contributed by atoms with Gasteiger partial charge in [-0.3, -0.25) is 9.59 Å². The highest BCUT2D eigenvalue weighted by molar-refractivity contribution is 7.12. The van der Waals surface area contributed by atoms with Crippen LogP contribution in [0.4, 0.5) is 0 Å². The summed E-state index contributed by atoms with van der Waals surface area (Å²) in [6, 6.07) is 5.67. The van der Waals surface area contributed by atoms with Gasteiger partial charge in [-0.25, -0.2) is 0 Å². The monoisotopic (exact) mass is 346 g/mol. The molecule has 128 valence electrons. The third-order valence-corrected chi connectivity index (χ3v) is 5.44. The van der Waals surface area contributed by atoms with Crippen molar-refractivity contribution in [3.05, 3.63) is 46.0 Å². The van der Waals surface area contributed by atoms with Gasteiger partial charge >= 0.3 is 0 Å². The molecule has 2 aromatic heterocycles. The van der Waals surface area contributed by atoms with Crippen LogP contribution in [0.3, 0.4) is 0 Å². The van der Waals surface area contributed by atoms with Crippen LogP contribution < -0.4 is 5.32 Å². The van der Waals surface area contributed by atoms with E-state index in [2.05, 4.69) is 12.2 Å². The van der Waals surface area contributed by atoms with Crippen molar-refractivity contribution in [2.75, 3.05) is 13.1 Å². The van der Waals surface area contributed by atoms with Gasteiger partial charge < -0.3 is 14.6 Å². The minimum Gasteiger partial charge on any atom is -0.467 e. The molecule has 1 aliphatic rings. The Morgan fingerprint density at radius 3 is 2.79 bits per heavy atom. The molecule has 3 rings (SSSR count). The number of piperidine rings is 1. The smallest absolute Gasteiger partial charge is 0.264 e. The van der Waals surface area contributed by atoms with Gasteiger partial charge in [0.15, 0.2) is 0 Å². The molecule has 0 spiro atoms. The highest BCUT2D eigenvalue weighted by Gasteiger charge is 2.28. The molecule has 5 nitrogen and oxygen atoms in total. The maximum atomic E-state index is 12.6. The van der Waals surface area contributed by atoms with Crippen molar-refractivity contribution in [1.82, 2.24) is 10.2 Å². The minimum absolute atomic E-state index is 0.0296. The van der Waals surface area contributed by atoms with E-state index in [0.29, 0.717) is 32.5 Å². The van der Waals surface area contributed by atoms with Gasteiger partial charge in [-0.15, -0.1) is 11.3 Å². The number of hydrogen-bond acceptors (Lipinski definition) is 4. The van der Waals surface area contributed by atoms with Crippen molar-refractivity contribution in [2.45, 2.75) is 32.7 Å². The average Bonchev–Trinajstić information content (AvgIpc) is 3.30. The SMILES string of the molecule is CCc1ccsc1C(=O)N1CCC(C(=O)NCc2ccco2)CC1. The molecule has 0 aliphatic carbocycles. The number of thiophene rings is 1. The van der Waals surface area contributed by atoms with Gasteiger partial charge in [0, 0.05) is 19.0 Å². The Kier molecular flexibility index (Phi) is 5.35. The van der Waals surface area contributed by atoms with Crippen LogP contribution in [0.25, 0.3) is 0 Å². The van der Waals surface area contributed by atoms with Gasteiger partial charge in [0.1, 0.15) is 5.76 Å². The van der Waals surface area contributed by atoms with Gasteiger partial charge in [-0.05, 0) is 48.4 Å². The zero-order valence-corrected chi connectivity index (χ0v) is 14.6. The van der Waals surface area contributed by atoms with Crippen LogP contribution in [0.5, 0.6) is 0 Å². The number of rotatable bonds is 5. The molecule has 0 atom stereocenters. The first-order valence-electron chi connectivity index (χ1n) is 8.34. The Hall–Kier alpha value is -2.08. The molecule has 0 saturated carbocycles. The fourth-order valence-corrected chi connectivity index (χ4v) is 3.98. The van der Waals surface area contributed by atoms with Crippen molar-refractivity contribution in [3.63, 3.8) is 0 Å². The van der Waals surface area contributed by atoms with E-state index in [0.717, 1.165) is 22.6 Å². The second kappa shape index (κ2) is 7.66. The molecule has 0 unspecified atom stereocenters. The van der Waals surface area contributed by atoms with Crippen LogP contribution in [0.1, 0.15) is 40.8 Å². The van der Waals surface area contributed by atoms with Crippen LogP contribution >= 0.6 is 11.3 Å². The first kappa shape index (κ1) is 16.8. The number of carbonyl (C=O) groups excluding carboxylic acids is 2. The van der Waals surface area contributed by atoms with E-state index in [1.54, 1.807) is 12.3 Å². The summed E-state index contributed by atoms with van der Waals surface area (Å²) < 4.78 is 5.22. The van der Waals surface area contributed by atoms with Crippen LogP contribution in [-0.4, -0.2) is 29.8 Å². The maximum Gasteiger partial charge on any atom is 0.264 e. The lowest BCUT2D eigenvalue weighted by Crippen LogP contribution is -2.42. The topological polar surface area (TPSA) is 62.6 Å². The standard InChI is InChI=1S/C18H22N2O3S/c1-2-13-7-11-24-16(13)18(22)20-8-5-14(6-9-20)17(21)19-12-15-4-3-10-23-15/h3-4,7,10-11,14H,2,5-6,8-9,12H2,1H3,(H,19,21). The number of amides is 2. The molecule has 2 amide bonds. The van der Waals surface area contributed by atoms with Crippen molar-refractivity contribution >= 4 is 23.2 Å². The van der Waals surface area contributed by atoms with Crippen molar-refractivity contribution in [1.29, 1.82) is 0 Å². The van der Waals surface area contributed by atoms with E-state index in [1.165, 1.54) is 11.3 Å². The molecular weight excluding hydrogens is 324 g/mol. The highest BCUT2D eigenvalue weighted by Crippen LogP contribution is 2.24. The molecule has 1 saturated heterocycles. The molecule has 3 heterocycles. The third-order valence-electron chi connectivity index (χ3n) is 4.49. The van der Waals surface area contributed by atoms with Gasteiger partial charge in [-0.1, -0.05) is 6.92 Å². The number of nitrogens with zero attached hydrogens (tertiary/aromatic N) is 1. The number of nitrogens with one attached hydrogen (secondary N) is 1. The van der Waals surface area contributed by atoms with E-state index in [4.69, 9.17) is 4.42 Å². The fraction of sp³-hybridized carbons (Fsp3) is 0.444. The molecule has 1 aliphatic heterocycles. The van der Waals surface area contributed by atoms with Crippen LogP contribution in [0.2, 0.25) is 0 Å². The van der Waals surface area contributed by atoms with Crippen LogP contribution in [-0.2, 0) is 17.8 Å². The van der Waals surface area contributed by atoms with Gasteiger partial charge in [0.05, 0.1) is 17.7 Å². The minimum atomic E-state index is -0.0296. The van der Waals surface area contributed by atoms with Gasteiger partial charge in [0.2, 0.25) is 5.91 Å². The molecule has 24 heavy (non-hydrogen) atoms. The van der Waals surface area contributed by atoms with Crippen molar-refractivity contribution < 1.29 is 14.0 Å². The van der Waals surface area contributed by atoms with Crippen molar-refractivity contribution in [2.24, 2.45) is 5.92 Å². The number of likely N-dealkylation sites (tertiary alicyclic amines) is 1. The summed E-state index contributed by atoms with van der Waals surface area (Å²) >= 11 is 1.51. The predicted molar refractivity (Wildman–Crippen MR) is 92.9 cm³/mol. The van der Waals surface area contributed by atoms with Crippen LogP contribution in [0, 0.1) is 5.92 Å². The van der Waals surface area contributed by atoms with E-state index in [9.17, 15) is 9.59 Å². The molecule has 0 aromatic carbocycles. The quantitative estimate of drug-likeness (QED) is 0.905. The summed E-state index contributed by atoms with van der Waals surface area (Å²) in [6.07, 6.45) is 3.89.